The van der Waals surface area contributed by atoms with Gasteiger partial charge in [0.05, 0.1) is 24.8 Å². The predicted octanol–water partition coefficient (Wildman–Crippen LogP) is 4.30. The van der Waals surface area contributed by atoms with Crippen LogP contribution < -0.4 is 20.3 Å². The molecule has 2 heterocycles. The van der Waals surface area contributed by atoms with Gasteiger partial charge in [-0.1, -0.05) is 25.3 Å². The van der Waals surface area contributed by atoms with E-state index < -0.39 is 11.9 Å². The van der Waals surface area contributed by atoms with Crippen molar-refractivity contribution in [1.82, 2.24) is 10.6 Å². The van der Waals surface area contributed by atoms with Crippen molar-refractivity contribution in [3.63, 3.8) is 0 Å². The molecular weight excluding hydrogens is 466 g/mol. The van der Waals surface area contributed by atoms with Gasteiger partial charge in [-0.3, -0.25) is 19.3 Å². The van der Waals surface area contributed by atoms with Gasteiger partial charge >= 0.3 is 0 Å². The molecule has 4 rings (SSSR count). The monoisotopic (exact) mass is 495 g/mol. The molecule has 1 aliphatic rings. The van der Waals surface area contributed by atoms with Crippen LogP contribution >= 0.6 is 11.3 Å². The minimum atomic E-state index is -1.04. The summed E-state index contributed by atoms with van der Waals surface area (Å²) in [5.41, 5.74) is 0.487. The third kappa shape index (κ3) is 6.10. The highest BCUT2D eigenvalue weighted by Gasteiger charge is 2.36. The quantitative estimate of drug-likeness (QED) is 0.461. The Hall–Kier alpha value is -3.59. The number of amides is 3. The first kappa shape index (κ1) is 24.5. The number of carbonyl (C=O) groups excluding carboxylic acids is 3. The van der Waals surface area contributed by atoms with E-state index >= 15 is 0 Å². The summed E-state index contributed by atoms with van der Waals surface area (Å²) in [4.78, 5) is 41.5. The van der Waals surface area contributed by atoms with E-state index in [1.165, 1.54) is 22.5 Å². The van der Waals surface area contributed by atoms with Crippen molar-refractivity contribution in [1.29, 1.82) is 0 Å². The summed E-state index contributed by atoms with van der Waals surface area (Å²) >= 11 is 1.29. The summed E-state index contributed by atoms with van der Waals surface area (Å²) in [6.45, 7) is -0.281. The summed E-state index contributed by atoms with van der Waals surface area (Å²) in [5.74, 6) is -0.148. The molecule has 0 saturated heterocycles. The van der Waals surface area contributed by atoms with Crippen LogP contribution in [0, 0.1) is 0 Å². The Morgan fingerprint density at radius 3 is 2.49 bits per heavy atom. The Bertz CT molecular complexity index is 1110. The number of nitrogens with zero attached hydrogens (tertiary/aromatic N) is 1. The first-order valence-electron chi connectivity index (χ1n) is 11.7. The van der Waals surface area contributed by atoms with Crippen LogP contribution in [-0.2, 0) is 9.59 Å². The smallest absolute Gasteiger partial charge is 0.261 e. The van der Waals surface area contributed by atoms with Crippen LogP contribution in [0.15, 0.2) is 64.6 Å². The molecule has 35 heavy (non-hydrogen) atoms. The van der Waals surface area contributed by atoms with Gasteiger partial charge in [-0.2, -0.15) is 0 Å². The number of thiophene rings is 1. The maximum atomic E-state index is 13.6. The first-order chi connectivity index (χ1) is 17.1. The van der Waals surface area contributed by atoms with Gasteiger partial charge in [-0.05, 0) is 60.7 Å². The molecule has 2 N–H and O–H groups in total. The fraction of sp³-hybridized carbons (Fsp3) is 0.346. The number of hydrogen-bond donors (Lipinski definition) is 2. The summed E-state index contributed by atoms with van der Waals surface area (Å²) in [6, 6.07) is 12.7. The second-order valence-corrected chi connectivity index (χ2v) is 9.33. The van der Waals surface area contributed by atoms with Gasteiger partial charge in [0.1, 0.15) is 11.5 Å². The van der Waals surface area contributed by atoms with Crippen LogP contribution in [0.5, 0.6) is 5.75 Å². The molecule has 0 radical (unpaired) electrons. The van der Waals surface area contributed by atoms with E-state index in [0.717, 1.165) is 32.1 Å². The van der Waals surface area contributed by atoms with Crippen molar-refractivity contribution in [2.24, 2.45) is 0 Å². The maximum Gasteiger partial charge on any atom is 0.261 e. The van der Waals surface area contributed by atoms with Crippen LogP contribution in [0.4, 0.5) is 5.69 Å². The topological polar surface area (TPSA) is 101 Å². The highest BCUT2D eigenvalue weighted by molar-refractivity contribution is 7.12. The van der Waals surface area contributed by atoms with E-state index in [1.807, 2.05) is 0 Å². The van der Waals surface area contributed by atoms with Gasteiger partial charge in [0.2, 0.25) is 5.91 Å². The fourth-order valence-electron chi connectivity index (χ4n) is 4.26. The number of nitrogens with one attached hydrogen (secondary N) is 2. The highest BCUT2D eigenvalue weighted by Crippen LogP contribution is 2.30. The van der Waals surface area contributed by atoms with E-state index in [2.05, 4.69) is 10.6 Å². The molecule has 1 aliphatic carbocycles. The molecule has 0 bridgehead atoms. The molecule has 8 nitrogen and oxygen atoms in total. The number of benzene rings is 1. The van der Waals surface area contributed by atoms with Crippen molar-refractivity contribution >= 4 is 34.7 Å². The van der Waals surface area contributed by atoms with E-state index in [4.69, 9.17) is 9.15 Å². The SMILES string of the molecule is COc1ccc(N(C(=O)CNC(=O)c2cccs2)[C@@H](C(=O)NC2CCCCC2)c2ccco2)cc1. The molecule has 2 aromatic heterocycles. The molecule has 3 amide bonds. The number of methoxy groups -OCH3 is 1. The van der Waals surface area contributed by atoms with E-state index in [0.29, 0.717) is 22.1 Å². The molecule has 0 aliphatic heterocycles. The van der Waals surface area contributed by atoms with Crippen molar-refractivity contribution in [2.45, 2.75) is 44.2 Å². The summed E-state index contributed by atoms with van der Waals surface area (Å²) < 4.78 is 10.9. The molecule has 9 heteroatoms. The Morgan fingerprint density at radius 1 is 1.09 bits per heavy atom. The van der Waals surface area contributed by atoms with E-state index in [9.17, 15) is 14.4 Å². The molecule has 1 aromatic carbocycles. The zero-order chi connectivity index (χ0) is 24.6. The Morgan fingerprint density at radius 2 is 1.86 bits per heavy atom. The molecule has 1 fully saturated rings. The highest BCUT2D eigenvalue weighted by atomic mass is 32.1. The lowest BCUT2D eigenvalue weighted by molar-refractivity contribution is -0.127. The van der Waals surface area contributed by atoms with Crippen LogP contribution in [-0.4, -0.2) is 37.4 Å². The number of rotatable bonds is 9. The second kappa shape index (κ2) is 11.7. The second-order valence-electron chi connectivity index (χ2n) is 8.38. The third-order valence-electron chi connectivity index (χ3n) is 6.04. The average molecular weight is 496 g/mol. The molecule has 0 spiro atoms. The van der Waals surface area contributed by atoms with Gasteiger partial charge in [-0.25, -0.2) is 0 Å². The lowest BCUT2D eigenvalue weighted by atomic mass is 9.95. The predicted molar refractivity (Wildman–Crippen MR) is 134 cm³/mol. The van der Waals surface area contributed by atoms with Gasteiger partial charge < -0.3 is 19.8 Å². The van der Waals surface area contributed by atoms with Crippen molar-refractivity contribution in [2.75, 3.05) is 18.6 Å². The molecule has 0 unspecified atom stereocenters. The largest absolute Gasteiger partial charge is 0.497 e. The minimum Gasteiger partial charge on any atom is -0.497 e. The van der Waals surface area contributed by atoms with Crippen molar-refractivity contribution < 1.29 is 23.5 Å². The molecular formula is C26H29N3O5S. The van der Waals surface area contributed by atoms with E-state index in [1.54, 1.807) is 61.0 Å². The Balaban J connectivity index is 1.63. The van der Waals surface area contributed by atoms with Crippen LogP contribution in [0.3, 0.4) is 0 Å². The molecule has 3 aromatic rings. The number of carbonyl (C=O) groups is 3. The van der Waals surface area contributed by atoms with E-state index in [-0.39, 0.29) is 24.4 Å². The number of anilines is 1. The zero-order valence-electron chi connectivity index (χ0n) is 19.6. The first-order valence-corrected chi connectivity index (χ1v) is 12.6. The fourth-order valence-corrected chi connectivity index (χ4v) is 4.90. The molecule has 184 valence electrons. The average Bonchev–Trinajstić information content (AvgIpc) is 3.61. The third-order valence-corrected chi connectivity index (χ3v) is 6.90. The number of furan rings is 1. The van der Waals surface area contributed by atoms with Crippen molar-refractivity contribution in [3.8, 4) is 5.75 Å². The lowest BCUT2D eigenvalue weighted by Crippen LogP contribution is -2.49. The summed E-state index contributed by atoms with van der Waals surface area (Å²) in [6.07, 6.45) is 6.58. The lowest BCUT2D eigenvalue weighted by Gasteiger charge is -2.32. The van der Waals surface area contributed by atoms with Crippen LogP contribution in [0.25, 0.3) is 0 Å². The van der Waals surface area contributed by atoms with Crippen LogP contribution in [0.2, 0.25) is 0 Å². The normalized spacial score (nSPS) is 14.7. The standard InChI is InChI=1S/C26H29N3O5S/c1-33-20-13-11-19(12-14-20)29(23(30)17-27-25(31)22-10-6-16-35-22)24(21-9-5-15-34-21)26(32)28-18-7-3-2-4-8-18/h5-6,9-16,18,24H,2-4,7-8,17H2,1H3,(H,27,31)(H,28,32)/t24-/m1/s1. The zero-order valence-corrected chi connectivity index (χ0v) is 20.4. The summed E-state index contributed by atoms with van der Waals surface area (Å²) in [7, 11) is 1.56. The van der Waals surface area contributed by atoms with Crippen LogP contribution in [0.1, 0.15) is 53.6 Å². The van der Waals surface area contributed by atoms with Gasteiger partial charge in [0.15, 0.2) is 6.04 Å². The minimum absolute atomic E-state index is 0.0556. The molecule has 1 saturated carbocycles. The Kier molecular flexibility index (Phi) is 8.20. The molecule has 1 atom stereocenters. The van der Waals surface area contributed by atoms with Crippen molar-refractivity contribution in [3.05, 3.63) is 70.8 Å². The summed E-state index contributed by atoms with van der Waals surface area (Å²) in [5, 5.41) is 7.58. The van der Waals surface area contributed by atoms with Gasteiger partial charge in [-0.15, -0.1) is 11.3 Å². The van der Waals surface area contributed by atoms with Gasteiger partial charge in [0.25, 0.3) is 11.8 Å². The van der Waals surface area contributed by atoms with Gasteiger partial charge in [0, 0.05) is 11.7 Å². The number of ether oxygens (including phenoxy) is 1. The number of hydrogen-bond acceptors (Lipinski definition) is 6. The maximum absolute atomic E-state index is 13.6. The Labute approximate surface area is 208 Å².